The molecule has 0 heterocycles. The Morgan fingerprint density at radius 1 is 1.29 bits per heavy atom. The molecule has 0 aromatic carbocycles. The molecule has 0 aromatic heterocycles. The number of carbonyl (C=O) groups is 1. The van der Waals surface area contributed by atoms with Crippen molar-refractivity contribution in [2.24, 2.45) is 5.92 Å². The van der Waals surface area contributed by atoms with Crippen LogP contribution in [-0.2, 0) is 4.79 Å². The van der Waals surface area contributed by atoms with Crippen LogP contribution in [0, 0.1) is 5.92 Å². The van der Waals surface area contributed by atoms with Crippen LogP contribution in [0.3, 0.4) is 0 Å². The largest absolute Gasteiger partial charge is 0.345 e. The van der Waals surface area contributed by atoms with Crippen LogP contribution in [0.5, 0.6) is 0 Å². The molecule has 0 rings (SSSR count). The quantitative estimate of drug-likeness (QED) is 0.729. The zero-order valence-electron chi connectivity index (χ0n) is 10.3. The van der Waals surface area contributed by atoms with Crippen molar-refractivity contribution in [3.63, 3.8) is 0 Å². The Hall–Kier alpha value is -0.570. The molecule has 0 saturated carbocycles. The molecule has 14 heavy (non-hydrogen) atoms. The third kappa shape index (κ3) is 4.09. The fraction of sp³-hybridized carbons (Fsp3) is 0.909. The highest BCUT2D eigenvalue weighted by molar-refractivity contribution is 5.81. The Morgan fingerprint density at radius 2 is 1.79 bits per heavy atom. The molecule has 0 spiro atoms. The summed E-state index contributed by atoms with van der Waals surface area (Å²) >= 11 is 0. The van der Waals surface area contributed by atoms with Crippen LogP contribution in [0.15, 0.2) is 0 Å². The number of rotatable bonds is 5. The van der Waals surface area contributed by atoms with Gasteiger partial charge in [-0.3, -0.25) is 4.79 Å². The van der Waals surface area contributed by atoms with Gasteiger partial charge in [-0.25, -0.2) is 0 Å². The van der Waals surface area contributed by atoms with Crippen LogP contribution < -0.4 is 5.32 Å². The fourth-order valence-electron chi connectivity index (χ4n) is 1.14. The van der Waals surface area contributed by atoms with Gasteiger partial charge in [-0.1, -0.05) is 13.8 Å². The van der Waals surface area contributed by atoms with Gasteiger partial charge in [-0.05, 0) is 26.7 Å². The first kappa shape index (κ1) is 13.4. The zero-order chi connectivity index (χ0) is 11.3. The average molecular weight is 200 g/mol. The topological polar surface area (TPSA) is 32.3 Å². The summed E-state index contributed by atoms with van der Waals surface area (Å²) in [5.74, 6) is 0.720. The minimum absolute atomic E-state index is 0.0858. The standard InChI is InChI=1S/C11H24N2O/c1-7-13(6)11(14)10(5)12-9(4)8(2)3/h8-10,12H,7H2,1-6H3. The van der Waals surface area contributed by atoms with E-state index in [1.165, 1.54) is 0 Å². The number of hydrogen-bond acceptors (Lipinski definition) is 2. The molecule has 0 aromatic rings. The summed E-state index contributed by atoms with van der Waals surface area (Å²) in [7, 11) is 1.83. The summed E-state index contributed by atoms with van der Waals surface area (Å²) < 4.78 is 0. The van der Waals surface area contributed by atoms with Crippen molar-refractivity contribution >= 4 is 5.91 Å². The summed E-state index contributed by atoms with van der Waals surface area (Å²) in [6.45, 7) is 11.1. The van der Waals surface area contributed by atoms with Crippen molar-refractivity contribution in [2.45, 2.75) is 46.7 Å². The van der Waals surface area contributed by atoms with E-state index in [4.69, 9.17) is 0 Å². The molecule has 3 heteroatoms. The van der Waals surface area contributed by atoms with Gasteiger partial charge < -0.3 is 10.2 Å². The minimum Gasteiger partial charge on any atom is -0.345 e. The predicted molar refractivity (Wildman–Crippen MR) is 60.2 cm³/mol. The number of nitrogens with one attached hydrogen (secondary N) is 1. The third-order valence-electron chi connectivity index (χ3n) is 2.73. The van der Waals surface area contributed by atoms with E-state index in [0.29, 0.717) is 12.0 Å². The number of hydrogen-bond donors (Lipinski definition) is 1. The van der Waals surface area contributed by atoms with E-state index in [0.717, 1.165) is 6.54 Å². The van der Waals surface area contributed by atoms with E-state index in [-0.39, 0.29) is 11.9 Å². The van der Waals surface area contributed by atoms with E-state index in [1.807, 2.05) is 20.9 Å². The van der Waals surface area contributed by atoms with E-state index in [2.05, 4.69) is 26.1 Å². The van der Waals surface area contributed by atoms with Crippen LogP contribution in [0.1, 0.15) is 34.6 Å². The van der Waals surface area contributed by atoms with Crippen molar-refractivity contribution < 1.29 is 4.79 Å². The predicted octanol–water partition coefficient (Wildman–Crippen LogP) is 1.49. The second kappa shape index (κ2) is 6.02. The second-order valence-electron chi connectivity index (χ2n) is 4.27. The van der Waals surface area contributed by atoms with Crippen molar-refractivity contribution in [3.05, 3.63) is 0 Å². The SMILES string of the molecule is CCN(C)C(=O)C(C)NC(C)C(C)C. The van der Waals surface area contributed by atoms with Crippen molar-refractivity contribution in [3.8, 4) is 0 Å². The average Bonchev–Trinajstić information content (AvgIpc) is 2.14. The normalized spacial score (nSPS) is 15.4. The Kier molecular flexibility index (Phi) is 5.77. The Balaban J connectivity index is 4.07. The molecule has 2 atom stereocenters. The van der Waals surface area contributed by atoms with Gasteiger partial charge in [0.1, 0.15) is 0 Å². The van der Waals surface area contributed by atoms with Crippen molar-refractivity contribution in [1.29, 1.82) is 0 Å². The van der Waals surface area contributed by atoms with Gasteiger partial charge in [0.05, 0.1) is 6.04 Å². The maximum atomic E-state index is 11.7. The van der Waals surface area contributed by atoms with Crippen molar-refractivity contribution in [1.82, 2.24) is 10.2 Å². The number of likely N-dealkylation sites (N-methyl/N-ethyl adjacent to an activating group) is 1. The molecule has 0 fully saturated rings. The van der Waals surface area contributed by atoms with Crippen LogP contribution in [-0.4, -0.2) is 36.5 Å². The summed E-state index contributed by atoms with van der Waals surface area (Å²) in [6.07, 6.45) is 0. The minimum atomic E-state index is -0.0858. The van der Waals surface area contributed by atoms with Crippen LogP contribution in [0.4, 0.5) is 0 Å². The van der Waals surface area contributed by atoms with E-state index < -0.39 is 0 Å². The molecule has 0 aliphatic rings. The maximum absolute atomic E-state index is 11.7. The van der Waals surface area contributed by atoms with Gasteiger partial charge in [0.2, 0.25) is 5.91 Å². The Morgan fingerprint density at radius 3 is 2.14 bits per heavy atom. The lowest BCUT2D eigenvalue weighted by Crippen LogP contribution is -2.47. The fourth-order valence-corrected chi connectivity index (χ4v) is 1.14. The van der Waals surface area contributed by atoms with Gasteiger partial charge in [0, 0.05) is 19.6 Å². The lowest BCUT2D eigenvalue weighted by Gasteiger charge is -2.25. The first-order chi connectivity index (χ1) is 6.40. The van der Waals surface area contributed by atoms with E-state index in [1.54, 1.807) is 4.90 Å². The first-order valence-corrected chi connectivity index (χ1v) is 5.41. The number of nitrogens with zero attached hydrogens (tertiary/aromatic N) is 1. The lowest BCUT2D eigenvalue weighted by molar-refractivity contribution is -0.131. The Labute approximate surface area is 87.9 Å². The van der Waals surface area contributed by atoms with Gasteiger partial charge in [-0.2, -0.15) is 0 Å². The highest BCUT2D eigenvalue weighted by Gasteiger charge is 2.18. The molecule has 1 amide bonds. The van der Waals surface area contributed by atoms with Gasteiger partial charge in [0.15, 0.2) is 0 Å². The molecule has 0 aliphatic carbocycles. The molecule has 0 bridgehead atoms. The van der Waals surface area contributed by atoms with E-state index >= 15 is 0 Å². The van der Waals surface area contributed by atoms with Gasteiger partial charge in [-0.15, -0.1) is 0 Å². The zero-order valence-corrected chi connectivity index (χ0v) is 10.3. The first-order valence-electron chi connectivity index (χ1n) is 5.41. The number of carbonyl (C=O) groups excluding carboxylic acids is 1. The third-order valence-corrected chi connectivity index (χ3v) is 2.73. The molecule has 0 aliphatic heterocycles. The summed E-state index contributed by atoms with van der Waals surface area (Å²) in [6, 6.07) is 0.288. The van der Waals surface area contributed by atoms with Crippen LogP contribution >= 0.6 is 0 Å². The summed E-state index contributed by atoms with van der Waals surface area (Å²) in [5.41, 5.74) is 0. The highest BCUT2D eigenvalue weighted by atomic mass is 16.2. The Bertz CT molecular complexity index is 180. The molecule has 2 unspecified atom stereocenters. The molecular formula is C11H24N2O. The van der Waals surface area contributed by atoms with Gasteiger partial charge >= 0.3 is 0 Å². The summed E-state index contributed by atoms with van der Waals surface area (Å²) in [4.78, 5) is 13.4. The molecular weight excluding hydrogens is 176 g/mol. The molecule has 84 valence electrons. The summed E-state index contributed by atoms with van der Waals surface area (Å²) in [5, 5.41) is 3.30. The van der Waals surface area contributed by atoms with Gasteiger partial charge in [0.25, 0.3) is 0 Å². The lowest BCUT2D eigenvalue weighted by atomic mass is 10.1. The maximum Gasteiger partial charge on any atom is 0.239 e. The van der Waals surface area contributed by atoms with Crippen LogP contribution in [0.25, 0.3) is 0 Å². The monoisotopic (exact) mass is 200 g/mol. The van der Waals surface area contributed by atoms with E-state index in [9.17, 15) is 4.79 Å². The van der Waals surface area contributed by atoms with Crippen molar-refractivity contribution in [2.75, 3.05) is 13.6 Å². The number of amides is 1. The molecule has 3 nitrogen and oxygen atoms in total. The molecule has 0 saturated heterocycles. The smallest absolute Gasteiger partial charge is 0.239 e. The highest BCUT2D eigenvalue weighted by Crippen LogP contribution is 2.02. The second-order valence-corrected chi connectivity index (χ2v) is 4.27. The molecule has 1 N–H and O–H groups in total. The molecule has 0 radical (unpaired) electrons. The van der Waals surface area contributed by atoms with Crippen LogP contribution in [0.2, 0.25) is 0 Å².